The van der Waals surface area contributed by atoms with Crippen LogP contribution >= 0.6 is 0 Å². The molecular formula is C22H30N4O. The molecule has 1 saturated heterocycles. The number of anilines is 1. The molecule has 0 aliphatic carbocycles. The second-order valence-electron chi connectivity index (χ2n) is 7.01. The molecule has 0 bridgehead atoms. The van der Waals surface area contributed by atoms with E-state index in [-0.39, 0.29) is 0 Å². The van der Waals surface area contributed by atoms with Crippen molar-refractivity contribution >= 4 is 11.6 Å². The lowest BCUT2D eigenvalue weighted by molar-refractivity contribution is 0.414. The van der Waals surface area contributed by atoms with Gasteiger partial charge in [0.15, 0.2) is 5.96 Å². The van der Waals surface area contributed by atoms with E-state index in [1.54, 1.807) is 7.11 Å². The van der Waals surface area contributed by atoms with Crippen LogP contribution in [-0.2, 0) is 6.54 Å². The molecule has 1 heterocycles. The van der Waals surface area contributed by atoms with Gasteiger partial charge < -0.3 is 20.3 Å². The van der Waals surface area contributed by atoms with Crippen LogP contribution in [0.2, 0.25) is 0 Å². The van der Waals surface area contributed by atoms with Gasteiger partial charge in [-0.25, -0.2) is 0 Å². The standard InChI is InChI=1S/C22H30N4O/c1-17-8-4-5-9-19(17)15-25-22(23-2)24-14-18-12-13-26(16-18)20-10-6-7-11-21(20)27-3/h4-11,18H,12-16H2,1-3H3,(H2,23,24,25). The summed E-state index contributed by atoms with van der Waals surface area (Å²) in [5.74, 6) is 2.39. The van der Waals surface area contributed by atoms with Gasteiger partial charge >= 0.3 is 0 Å². The van der Waals surface area contributed by atoms with Gasteiger partial charge in [0.05, 0.1) is 12.8 Å². The maximum Gasteiger partial charge on any atom is 0.191 e. The predicted octanol–water partition coefficient (Wildman–Crippen LogP) is 3.20. The summed E-state index contributed by atoms with van der Waals surface area (Å²) in [6.07, 6.45) is 1.17. The summed E-state index contributed by atoms with van der Waals surface area (Å²) >= 11 is 0. The smallest absolute Gasteiger partial charge is 0.191 e. The molecule has 0 amide bonds. The van der Waals surface area contributed by atoms with Crippen molar-refractivity contribution in [3.63, 3.8) is 0 Å². The topological polar surface area (TPSA) is 48.9 Å². The fraction of sp³-hybridized carbons (Fsp3) is 0.409. The first-order chi connectivity index (χ1) is 13.2. The lowest BCUT2D eigenvalue weighted by Gasteiger charge is -2.21. The zero-order valence-corrected chi connectivity index (χ0v) is 16.5. The van der Waals surface area contributed by atoms with Crippen molar-refractivity contribution in [2.24, 2.45) is 10.9 Å². The molecule has 144 valence electrons. The molecule has 2 N–H and O–H groups in total. The maximum atomic E-state index is 5.51. The van der Waals surface area contributed by atoms with Crippen LogP contribution in [0.3, 0.4) is 0 Å². The Bertz CT molecular complexity index is 774. The Kier molecular flexibility index (Phi) is 6.58. The zero-order valence-electron chi connectivity index (χ0n) is 16.5. The quantitative estimate of drug-likeness (QED) is 0.609. The number of para-hydroxylation sites is 2. The number of hydrogen-bond donors (Lipinski definition) is 2. The average Bonchev–Trinajstić information content (AvgIpc) is 3.18. The minimum absolute atomic E-state index is 0.590. The van der Waals surface area contributed by atoms with Crippen molar-refractivity contribution in [1.82, 2.24) is 10.6 Å². The van der Waals surface area contributed by atoms with Crippen molar-refractivity contribution in [3.8, 4) is 5.75 Å². The first kappa shape index (κ1) is 19.1. The lowest BCUT2D eigenvalue weighted by Crippen LogP contribution is -2.40. The van der Waals surface area contributed by atoms with Crippen LogP contribution in [0.25, 0.3) is 0 Å². The van der Waals surface area contributed by atoms with Gasteiger partial charge in [0.25, 0.3) is 0 Å². The third kappa shape index (κ3) is 4.94. The molecule has 5 heteroatoms. The fourth-order valence-electron chi connectivity index (χ4n) is 3.56. The molecule has 1 aliphatic heterocycles. The highest BCUT2D eigenvalue weighted by atomic mass is 16.5. The Morgan fingerprint density at radius 2 is 1.93 bits per heavy atom. The second kappa shape index (κ2) is 9.31. The van der Waals surface area contributed by atoms with Crippen LogP contribution in [-0.4, -0.2) is 39.8 Å². The lowest BCUT2D eigenvalue weighted by atomic mass is 10.1. The molecule has 0 saturated carbocycles. The number of ether oxygens (including phenoxy) is 1. The van der Waals surface area contributed by atoms with Crippen molar-refractivity contribution < 1.29 is 4.74 Å². The number of benzene rings is 2. The minimum atomic E-state index is 0.590. The molecule has 0 radical (unpaired) electrons. The van der Waals surface area contributed by atoms with Gasteiger partial charge in [-0.2, -0.15) is 0 Å². The van der Waals surface area contributed by atoms with E-state index in [2.05, 4.69) is 63.8 Å². The summed E-state index contributed by atoms with van der Waals surface area (Å²) in [5.41, 5.74) is 3.77. The Morgan fingerprint density at radius 3 is 2.70 bits per heavy atom. The summed E-state index contributed by atoms with van der Waals surface area (Å²) < 4.78 is 5.51. The average molecular weight is 367 g/mol. The van der Waals surface area contributed by atoms with Crippen molar-refractivity contribution in [2.75, 3.05) is 38.7 Å². The Morgan fingerprint density at radius 1 is 1.15 bits per heavy atom. The van der Waals surface area contributed by atoms with Gasteiger partial charge in [-0.15, -0.1) is 0 Å². The van der Waals surface area contributed by atoms with Crippen LogP contribution in [0.1, 0.15) is 17.5 Å². The number of methoxy groups -OCH3 is 1. The third-order valence-electron chi connectivity index (χ3n) is 5.20. The molecule has 2 aromatic carbocycles. The summed E-state index contributed by atoms with van der Waals surface area (Å²) in [4.78, 5) is 6.77. The van der Waals surface area contributed by atoms with Gasteiger partial charge in [0, 0.05) is 33.2 Å². The van der Waals surface area contributed by atoms with Crippen molar-refractivity contribution in [3.05, 3.63) is 59.7 Å². The first-order valence-corrected chi connectivity index (χ1v) is 9.58. The molecule has 27 heavy (non-hydrogen) atoms. The summed E-state index contributed by atoms with van der Waals surface area (Å²) in [5, 5.41) is 6.90. The van der Waals surface area contributed by atoms with E-state index in [0.717, 1.165) is 37.9 Å². The normalized spacial score (nSPS) is 17.1. The van der Waals surface area contributed by atoms with Crippen LogP contribution in [0.4, 0.5) is 5.69 Å². The van der Waals surface area contributed by atoms with E-state index in [0.29, 0.717) is 5.92 Å². The molecule has 1 atom stereocenters. The minimum Gasteiger partial charge on any atom is -0.495 e. The number of rotatable bonds is 6. The highest BCUT2D eigenvalue weighted by Gasteiger charge is 2.24. The molecule has 0 aromatic heterocycles. The summed E-state index contributed by atoms with van der Waals surface area (Å²) in [6, 6.07) is 16.7. The van der Waals surface area contributed by atoms with Gasteiger partial charge in [0.2, 0.25) is 0 Å². The highest BCUT2D eigenvalue weighted by Crippen LogP contribution is 2.31. The monoisotopic (exact) mass is 366 g/mol. The molecule has 1 aliphatic rings. The van der Waals surface area contributed by atoms with E-state index in [1.807, 2.05) is 19.2 Å². The van der Waals surface area contributed by atoms with Crippen LogP contribution < -0.4 is 20.3 Å². The van der Waals surface area contributed by atoms with Crippen LogP contribution in [0.5, 0.6) is 5.75 Å². The zero-order chi connectivity index (χ0) is 19.1. The number of hydrogen-bond acceptors (Lipinski definition) is 3. The molecule has 1 fully saturated rings. The molecule has 0 spiro atoms. The van der Waals surface area contributed by atoms with Crippen molar-refractivity contribution in [1.29, 1.82) is 0 Å². The SMILES string of the molecule is CN=C(NCc1ccccc1C)NCC1CCN(c2ccccc2OC)C1. The molecule has 1 unspecified atom stereocenters. The molecule has 2 aromatic rings. The number of nitrogens with zero attached hydrogens (tertiary/aromatic N) is 2. The molecular weight excluding hydrogens is 336 g/mol. The number of nitrogens with one attached hydrogen (secondary N) is 2. The summed E-state index contributed by atoms with van der Waals surface area (Å²) in [7, 11) is 3.56. The number of aryl methyl sites for hydroxylation is 1. The summed E-state index contributed by atoms with van der Waals surface area (Å²) in [6.45, 7) is 5.92. The van der Waals surface area contributed by atoms with Crippen molar-refractivity contribution in [2.45, 2.75) is 19.9 Å². The van der Waals surface area contributed by atoms with E-state index < -0.39 is 0 Å². The third-order valence-corrected chi connectivity index (χ3v) is 5.20. The predicted molar refractivity (Wildman–Crippen MR) is 113 cm³/mol. The van der Waals surface area contributed by atoms with Gasteiger partial charge in [-0.1, -0.05) is 36.4 Å². The molecule has 5 nitrogen and oxygen atoms in total. The number of aliphatic imine (C=N–C) groups is 1. The molecule has 3 rings (SSSR count). The van der Waals surface area contributed by atoms with Gasteiger partial charge in [-0.3, -0.25) is 4.99 Å². The van der Waals surface area contributed by atoms with Crippen LogP contribution in [0, 0.1) is 12.8 Å². The highest BCUT2D eigenvalue weighted by molar-refractivity contribution is 5.79. The largest absolute Gasteiger partial charge is 0.495 e. The van der Waals surface area contributed by atoms with Gasteiger partial charge in [-0.05, 0) is 42.5 Å². The second-order valence-corrected chi connectivity index (χ2v) is 7.01. The first-order valence-electron chi connectivity index (χ1n) is 9.58. The number of guanidine groups is 1. The van der Waals surface area contributed by atoms with Crippen LogP contribution in [0.15, 0.2) is 53.5 Å². The maximum absolute atomic E-state index is 5.51. The van der Waals surface area contributed by atoms with E-state index in [9.17, 15) is 0 Å². The Hall–Kier alpha value is -2.69. The fourth-order valence-corrected chi connectivity index (χ4v) is 3.56. The Labute approximate surface area is 162 Å². The van der Waals surface area contributed by atoms with E-state index >= 15 is 0 Å². The van der Waals surface area contributed by atoms with Gasteiger partial charge in [0.1, 0.15) is 5.75 Å². The Balaban J connectivity index is 1.49. The van der Waals surface area contributed by atoms with E-state index in [1.165, 1.54) is 23.2 Å². The van der Waals surface area contributed by atoms with E-state index in [4.69, 9.17) is 4.74 Å².